The molecule has 2 aliphatic carbocycles. The molecule has 3 unspecified atom stereocenters. The summed E-state index contributed by atoms with van der Waals surface area (Å²) in [5.74, 6) is 0.671. The van der Waals surface area contributed by atoms with Gasteiger partial charge >= 0.3 is 5.97 Å². The van der Waals surface area contributed by atoms with E-state index >= 15 is 0 Å². The fraction of sp³-hybridized carbons (Fsp3) is 0.500. The third-order valence-corrected chi connectivity index (χ3v) is 4.37. The number of anilines is 2. The SMILES string of the molecule is Nc1ccc(NC2CC3CCC2C3)cc1C(=O)O. The molecule has 1 aromatic rings. The first-order valence-electron chi connectivity index (χ1n) is 6.53. The standard InChI is InChI=1S/C14H18N2O2/c15-12-4-3-10(7-11(12)14(17)18)16-13-6-8-1-2-9(13)5-8/h3-4,7-9,13,16H,1-2,5-6,15H2,(H,17,18). The highest BCUT2D eigenvalue weighted by Gasteiger charge is 2.39. The smallest absolute Gasteiger partial charge is 0.337 e. The van der Waals surface area contributed by atoms with Gasteiger partial charge in [-0.3, -0.25) is 0 Å². The van der Waals surface area contributed by atoms with E-state index < -0.39 is 5.97 Å². The van der Waals surface area contributed by atoms with Crippen LogP contribution in [0.3, 0.4) is 0 Å². The highest BCUT2D eigenvalue weighted by Crippen LogP contribution is 2.45. The van der Waals surface area contributed by atoms with Crippen molar-refractivity contribution < 1.29 is 9.90 Å². The normalized spacial score (nSPS) is 29.4. The number of benzene rings is 1. The zero-order chi connectivity index (χ0) is 12.7. The number of nitrogens with one attached hydrogen (secondary N) is 1. The molecule has 0 heterocycles. The highest BCUT2D eigenvalue weighted by molar-refractivity contribution is 5.94. The number of fused-ring (bicyclic) bond motifs is 2. The summed E-state index contributed by atoms with van der Waals surface area (Å²) in [6.07, 6.45) is 5.23. The Labute approximate surface area is 106 Å². The Hall–Kier alpha value is -1.71. The van der Waals surface area contributed by atoms with Gasteiger partial charge in [0.05, 0.1) is 5.56 Å². The van der Waals surface area contributed by atoms with Crippen LogP contribution in [0.25, 0.3) is 0 Å². The van der Waals surface area contributed by atoms with Gasteiger partial charge in [0, 0.05) is 17.4 Å². The monoisotopic (exact) mass is 246 g/mol. The van der Waals surface area contributed by atoms with Crippen LogP contribution in [0.5, 0.6) is 0 Å². The van der Waals surface area contributed by atoms with Crippen molar-refractivity contribution in [3.8, 4) is 0 Å². The van der Waals surface area contributed by atoms with E-state index in [4.69, 9.17) is 10.8 Å². The van der Waals surface area contributed by atoms with Gasteiger partial charge < -0.3 is 16.2 Å². The van der Waals surface area contributed by atoms with Crippen LogP contribution >= 0.6 is 0 Å². The van der Waals surface area contributed by atoms with Crippen LogP contribution in [0.1, 0.15) is 36.0 Å². The first-order chi connectivity index (χ1) is 8.63. The number of hydrogen-bond donors (Lipinski definition) is 3. The molecule has 0 aliphatic heterocycles. The Kier molecular flexibility index (Phi) is 2.65. The molecular formula is C14H18N2O2. The van der Waals surface area contributed by atoms with Gasteiger partial charge in [0.1, 0.15) is 0 Å². The lowest BCUT2D eigenvalue weighted by Crippen LogP contribution is -2.25. The number of hydrogen-bond acceptors (Lipinski definition) is 3. The van der Waals surface area contributed by atoms with Crippen molar-refractivity contribution in [2.45, 2.75) is 31.7 Å². The summed E-state index contributed by atoms with van der Waals surface area (Å²) in [6.45, 7) is 0. The average Bonchev–Trinajstić information content (AvgIpc) is 2.93. The molecule has 0 radical (unpaired) electrons. The number of carboxylic acids is 1. The van der Waals surface area contributed by atoms with Gasteiger partial charge in [-0.1, -0.05) is 6.42 Å². The molecule has 3 atom stereocenters. The van der Waals surface area contributed by atoms with E-state index in [2.05, 4.69) is 5.32 Å². The Morgan fingerprint density at radius 1 is 1.33 bits per heavy atom. The lowest BCUT2D eigenvalue weighted by atomic mass is 9.95. The van der Waals surface area contributed by atoms with Crippen LogP contribution < -0.4 is 11.1 Å². The molecular weight excluding hydrogens is 228 g/mol. The summed E-state index contributed by atoms with van der Waals surface area (Å²) >= 11 is 0. The van der Waals surface area contributed by atoms with E-state index in [1.165, 1.54) is 25.7 Å². The van der Waals surface area contributed by atoms with Crippen molar-refractivity contribution in [1.29, 1.82) is 0 Å². The maximum Gasteiger partial charge on any atom is 0.337 e. The first-order valence-corrected chi connectivity index (χ1v) is 6.53. The molecule has 2 saturated carbocycles. The number of carboxylic acid groups (broad SMARTS) is 1. The van der Waals surface area contributed by atoms with Gasteiger partial charge in [-0.05, 0) is 49.3 Å². The second kappa shape index (κ2) is 4.19. The Morgan fingerprint density at radius 2 is 2.17 bits per heavy atom. The third kappa shape index (κ3) is 1.92. The minimum atomic E-state index is -0.968. The quantitative estimate of drug-likeness (QED) is 0.716. The molecule has 0 saturated heterocycles. The molecule has 2 aliphatic rings. The van der Waals surface area contributed by atoms with Gasteiger partial charge in [-0.2, -0.15) is 0 Å². The zero-order valence-corrected chi connectivity index (χ0v) is 10.2. The fourth-order valence-corrected chi connectivity index (χ4v) is 3.47. The molecule has 0 aromatic heterocycles. The van der Waals surface area contributed by atoms with Crippen LogP contribution in [-0.4, -0.2) is 17.1 Å². The lowest BCUT2D eigenvalue weighted by Gasteiger charge is -2.24. The predicted octanol–water partition coefficient (Wildman–Crippen LogP) is 2.57. The molecule has 0 spiro atoms. The molecule has 96 valence electrons. The minimum Gasteiger partial charge on any atom is -0.478 e. The van der Waals surface area contributed by atoms with Crippen LogP contribution in [0.15, 0.2) is 18.2 Å². The Morgan fingerprint density at radius 3 is 2.78 bits per heavy atom. The molecule has 2 fully saturated rings. The van der Waals surface area contributed by atoms with E-state index in [1.807, 2.05) is 6.07 Å². The van der Waals surface area contributed by atoms with Gasteiger partial charge in [0.15, 0.2) is 0 Å². The molecule has 4 heteroatoms. The molecule has 18 heavy (non-hydrogen) atoms. The van der Waals surface area contributed by atoms with E-state index in [0.29, 0.717) is 11.7 Å². The Bertz CT molecular complexity index is 487. The van der Waals surface area contributed by atoms with E-state index in [9.17, 15) is 4.79 Å². The van der Waals surface area contributed by atoms with Crippen LogP contribution in [0.2, 0.25) is 0 Å². The van der Waals surface area contributed by atoms with Crippen molar-refractivity contribution >= 4 is 17.3 Å². The molecule has 0 amide bonds. The second-order valence-electron chi connectivity index (χ2n) is 5.53. The van der Waals surface area contributed by atoms with Crippen molar-refractivity contribution in [1.82, 2.24) is 0 Å². The van der Waals surface area contributed by atoms with Crippen molar-refractivity contribution in [3.05, 3.63) is 23.8 Å². The van der Waals surface area contributed by atoms with Crippen LogP contribution in [0.4, 0.5) is 11.4 Å². The van der Waals surface area contributed by atoms with Gasteiger partial charge in [-0.25, -0.2) is 4.79 Å². The predicted molar refractivity (Wildman–Crippen MR) is 70.7 cm³/mol. The summed E-state index contributed by atoms with van der Waals surface area (Å²) in [5, 5.41) is 12.5. The second-order valence-corrected chi connectivity index (χ2v) is 5.53. The molecule has 4 nitrogen and oxygen atoms in total. The molecule has 4 N–H and O–H groups in total. The van der Waals surface area contributed by atoms with Crippen LogP contribution in [0, 0.1) is 11.8 Å². The molecule has 2 bridgehead atoms. The summed E-state index contributed by atoms with van der Waals surface area (Å²) in [5.41, 5.74) is 7.03. The lowest BCUT2D eigenvalue weighted by molar-refractivity contribution is 0.0698. The van der Waals surface area contributed by atoms with E-state index in [1.54, 1.807) is 12.1 Å². The maximum absolute atomic E-state index is 11.0. The average molecular weight is 246 g/mol. The number of rotatable bonds is 3. The van der Waals surface area contributed by atoms with E-state index in [0.717, 1.165) is 17.5 Å². The summed E-state index contributed by atoms with van der Waals surface area (Å²) in [7, 11) is 0. The number of nitrogens with two attached hydrogens (primary N) is 1. The van der Waals surface area contributed by atoms with Crippen LogP contribution in [-0.2, 0) is 0 Å². The maximum atomic E-state index is 11.0. The number of nitrogen functional groups attached to an aromatic ring is 1. The van der Waals surface area contributed by atoms with Gasteiger partial charge in [0.2, 0.25) is 0 Å². The number of carbonyl (C=O) groups is 1. The van der Waals surface area contributed by atoms with Gasteiger partial charge in [-0.15, -0.1) is 0 Å². The fourth-order valence-electron chi connectivity index (χ4n) is 3.47. The Balaban J connectivity index is 1.77. The minimum absolute atomic E-state index is 0.183. The van der Waals surface area contributed by atoms with Gasteiger partial charge in [0.25, 0.3) is 0 Å². The highest BCUT2D eigenvalue weighted by atomic mass is 16.4. The summed E-state index contributed by atoms with van der Waals surface area (Å²) in [4.78, 5) is 11.0. The summed E-state index contributed by atoms with van der Waals surface area (Å²) < 4.78 is 0. The topological polar surface area (TPSA) is 75.3 Å². The molecule has 1 aromatic carbocycles. The summed E-state index contributed by atoms with van der Waals surface area (Å²) in [6, 6.07) is 5.69. The third-order valence-electron chi connectivity index (χ3n) is 4.37. The first kappa shape index (κ1) is 11.4. The van der Waals surface area contributed by atoms with Crippen molar-refractivity contribution in [2.75, 3.05) is 11.1 Å². The van der Waals surface area contributed by atoms with Crippen molar-refractivity contribution in [3.63, 3.8) is 0 Å². The van der Waals surface area contributed by atoms with Crippen molar-refractivity contribution in [2.24, 2.45) is 11.8 Å². The van der Waals surface area contributed by atoms with E-state index in [-0.39, 0.29) is 5.56 Å². The molecule has 3 rings (SSSR count). The zero-order valence-electron chi connectivity index (χ0n) is 10.2. The largest absolute Gasteiger partial charge is 0.478 e. The number of aromatic carboxylic acids is 1.